The lowest BCUT2D eigenvalue weighted by molar-refractivity contribution is -0.121. The van der Waals surface area contributed by atoms with E-state index in [0.717, 1.165) is 12.0 Å². The Labute approximate surface area is 139 Å². The van der Waals surface area contributed by atoms with Crippen molar-refractivity contribution in [1.82, 2.24) is 0 Å². The van der Waals surface area contributed by atoms with Crippen molar-refractivity contribution in [3.63, 3.8) is 0 Å². The van der Waals surface area contributed by atoms with Gasteiger partial charge in [-0.05, 0) is 41.0 Å². The highest BCUT2D eigenvalue weighted by Crippen LogP contribution is 2.23. The Hall–Kier alpha value is -1.93. The average Bonchev–Trinajstić information content (AvgIpc) is 2.48. The summed E-state index contributed by atoms with van der Waals surface area (Å²) < 4.78 is 5.33. The summed E-state index contributed by atoms with van der Waals surface area (Å²) in [5.41, 5.74) is 5.25. The van der Waals surface area contributed by atoms with Gasteiger partial charge >= 0.3 is 0 Å². The van der Waals surface area contributed by atoms with E-state index in [0.29, 0.717) is 6.61 Å². The standard InChI is InChI=1S/C21H26O2/c1-16(22)14-23-15-19-7-5-17(6-8-19)13-18-9-11-20(12-10-18)21(2,3)4/h5-12H,13-15H2,1-4H3. The molecule has 2 heteroatoms. The Morgan fingerprint density at radius 2 is 1.35 bits per heavy atom. The summed E-state index contributed by atoms with van der Waals surface area (Å²) in [7, 11) is 0. The first-order valence-corrected chi connectivity index (χ1v) is 8.09. The largest absolute Gasteiger partial charge is 0.369 e. The summed E-state index contributed by atoms with van der Waals surface area (Å²) in [5, 5.41) is 0. The third-order valence-electron chi connectivity index (χ3n) is 3.83. The summed E-state index contributed by atoms with van der Waals surface area (Å²) in [6.45, 7) is 8.90. The van der Waals surface area contributed by atoms with Crippen LogP contribution >= 0.6 is 0 Å². The summed E-state index contributed by atoms with van der Waals surface area (Å²) >= 11 is 0. The Morgan fingerprint density at radius 1 is 0.870 bits per heavy atom. The molecule has 2 aromatic carbocycles. The predicted molar refractivity (Wildman–Crippen MR) is 94.7 cm³/mol. The Bertz CT molecular complexity index is 631. The van der Waals surface area contributed by atoms with Crippen molar-refractivity contribution >= 4 is 5.78 Å². The van der Waals surface area contributed by atoms with Crippen LogP contribution in [0, 0.1) is 0 Å². The van der Waals surface area contributed by atoms with Crippen LogP contribution in [0.3, 0.4) is 0 Å². The monoisotopic (exact) mass is 310 g/mol. The second-order valence-electron chi connectivity index (χ2n) is 7.14. The van der Waals surface area contributed by atoms with Crippen molar-refractivity contribution in [3.8, 4) is 0 Å². The van der Waals surface area contributed by atoms with Crippen molar-refractivity contribution < 1.29 is 9.53 Å². The molecule has 0 aliphatic rings. The molecular formula is C21H26O2. The number of carbonyl (C=O) groups excluding carboxylic acids is 1. The van der Waals surface area contributed by atoms with Gasteiger partial charge in [0.2, 0.25) is 0 Å². The third kappa shape index (κ3) is 5.65. The second-order valence-corrected chi connectivity index (χ2v) is 7.14. The molecule has 2 aromatic rings. The Morgan fingerprint density at radius 3 is 1.83 bits per heavy atom. The van der Waals surface area contributed by atoms with Gasteiger partial charge in [0.15, 0.2) is 5.78 Å². The lowest BCUT2D eigenvalue weighted by atomic mass is 9.86. The third-order valence-corrected chi connectivity index (χ3v) is 3.83. The number of rotatable bonds is 6. The highest BCUT2D eigenvalue weighted by molar-refractivity contribution is 5.76. The van der Waals surface area contributed by atoms with Crippen LogP contribution in [0.15, 0.2) is 48.5 Å². The smallest absolute Gasteiger partial charge is 0.155 e. The van der Waals surface area contributed by atoms with Crippen LogP contribution in [-0.2, 0) is 28.0 Å². The SMILES string of the molecule is CC(=O)COCc1ccc(Cc2ccc(C(C)(C)C)cc2)cc1. The van der Waals surface area contributed by atoms with Gasteiger partial charge in [0, 0.05) is 0 Å². The van der Waals surface area contributed by atoms with Gasteiger partial charge in [-0.15, -0.1) is 0 Å². The molecule has 0 saturated carbocycles. The fraction of sp³-hybridized carbons (Fsp3) is 0.381. The van der Waals surface area contributed by atoms with Crippen LogP contribution in [0.25, 0.3) is 0 Å². The summed E-state index contributed by atoms with van der Waals surface area (Å²) in [4.78, 5) is 10.9. The molecule has 0 aliphatic carbocycles. The van der Waals surface area contributed by atoms with Crippen molar-refractivity contribution in [2.45, 2.75) is 46.1 Å². The van der Waals surface area contributed by atoms with Crippen LogP contribution in [0.2, 0.25) is 0 Å². The number of hydrogen-bond acceptors (Lipinski definition) is 2. The lowest BCUT2D eigenvalue weighted by Gasteiger charge is -2.19. The quantitative estimate of drug-likeness (QED) is 0.774. The maximum Gasteiger partial charge on any atom is 0.155 e. The maximum atomic E-state index is 10.9. The van der Waals surface area contributed by atoms with Crippen molar-refractivity contribution in [1.29, 1.82) is 0 Å². The molecule has 0 aromatic heterocycles. The van der Waals surface area contributed by atoms with Gasteiger partial charge < -0.3 is 4.74 Å². The van der Waals surface area contributed by atoms with Crippen molar-refractivity contribution in [3.05, 3.63) is 70.8 Å². The topological polar surface area (TPSA) is 26.3 Å². The van der Waals surface area contributed by atoms with E-state index in [-0.39, 0.29) is 17.8 Å². The van der Waals surface area contributed by atoms with E-state index in [9.17, 15) is 4.79 Å². The van der Waals surface area contributed by atoms with E-state index in [1.165, 1.54) is 23.6 Å². The van der Waals surface area contributed by atoms with Gasteiger partial charge in [0.25, 0.3) is 0 Å². The highest BCUT2D eigenvalue weighted by atomic mass is 16.5. The molecule has 0 fully saturated rings. The molecule has 122 valence electrons. The summed E-state index contributed by atoms with van der Waals surface area (Å²) in [6, 6.07) is 17.3. The minimum Gasteiger partial charge on any atom is -0.369 e. The molecule has 0 radical (unpaired) electrons. The first-order valence-electron chi connectivity index (χ1n) is 8.09. The van der Waals surface area contributed by atoms with E-state index >= 15 is 0 Å². The van der Waals surface area contributed by atoms with Crippen LogP contribution in [0.4, 0.5) is 0 Å². The Balaban J connectivity index is 1.94. The molecule has 2 nitrogen and oxygen atoms in total. The molecule has 0 amide bonds. The number of hydrogen-bond donors (Lipinski definition) is 0. The molecule has 0 unspecified atom stereocenters. The molecule has 0 heterocycles. The zero-order valence-corrected chi connectivity index (χ0v) is 14.6. The molecule has 0 N–H and O–H groups in total. The zero-order valence-electron chi connectivity index (χ0n) is 14.6. The number of Topliss-reactive ketones (excluding diaryl/α,β-unsaturated/α-hetero) is 1. The van der Waals surface area contributed by atoms with Gasteiger partial charge in [-0.25, -0.2) is 0 Å². The predicted octanol–water partition coefficient (Wildman–Crippen LogP) is 4.68. The molecule has 23 heavy (non-hydrogen) atoms. The van der Waals surface area contributed by atoms with Gasteiger partial charge in [0.05, 0.1) is 6.61 Å². The number of benzene rings is 2. The number of carbonyl (C=O) groups is 1. The van der Waals surface area contributed by atoms with E-state index in [2.05, 4.69) is 69.3 Å². The zero-order chi connectivity index (χ0) is 16.9. The van der Waals surface area contributed by atoms with Gasteiger partial charge in [0.1, 0.15) is 6.61 Å². The number of ketones is 1. The van der Waals surface area contributed by atoms with E-state index in [1.807, 2.05) is 0 Å². The van der Waals surface area contributed by atoms with Crippen LogP contribution in [0.5, 0.6) is 0 Å². The first-order chi connectivity index (χ1) is 10.8. The molecule has 0 bridgehead atoms. The van der Waals surface area contributed by atoms with Gasteiger partial charge in [-0.3, -0.25) is 4.79 Å². The normalized spacial score (nSPS) is 11.5. The van der Waals surface area contributed by atoms with Crippen LogP contribution < -0.4 is 0 Å². The van der Waals surface area contributed by atoms with E-state index in [1.54, 1.807) is 0 Å². The van der Waals surface area contributed by atoms with E-state index < -0.39 is 0 Å². The van der Waals surface area contributed by atoms with Crippen molar-refractivity contribution in [2.75, 3.05) is 6.61 Å². The van der Waals surface area contributed by atoms with E-state index in [4.69, 9.17) is 4.74 Å². The summed E-state index contributed by atoms with van der Waals surface area (Å²) in [6.07, 6.45) is 0.930. The lowest BCUT2D eigenvalue weighted by Crippen LogP contribution is -2.10. The highest BCUT2D eigenvalue weighted by Gasteiger charge is 2.12. The molecule has 0 spiro atoms. The van der Waals surface area contributed by atoms with Gasteiger partial charge in [-0.2, -0.15) is 0 Å². The number of ether oxygens (including phenoxy) is 1. The molecule has 2 rings (SSSR count). The minimum absolute atomic E-state index is 0.0559. The molecule has 0 saturated heterocycles. The fourth-order valence-electron chi connectivity index (χ4n) is 2.42. The summed E-state index contributed by atoms with van der Waals surface area (Å²) in [5.74, 6) is 0.0559. The van der Waals surface area contributed by atoms with Gasteiger partial charge in [-0.1, -0.05) is 69.3 Å². The molecule has 0 atom stereocenters. The molecular weight excluding hydrogens is 284 g/mol. The van der Waals surface area contributed by atoms with Crippen LogP contribution in [0.1, 0.15) is 49.9 Å². The first kappa shape index (κ1) is 17.4. The second kappa shape index (κ2) is 7.56. The Kier molecular flexibility index (Phi) is 5.73. The minimum atomic E-state index is 0.0559. The average molecular weight is 310 g/mol. The molecule has 0 aliphatic heterocycles. The maximum absolute atomic E-state index is 10.9. The fourth-order valence-corrected chi connectivity index (χ4v) is 2.42. The van der Waals surface area contributed by atoms with Crippen molar-refractivity contribution in [2.24, 2.45) is 0 Å². The van der Waals surface area contributed by atoms with Crippen LogP contribution in [-0.4, -0.2) is 12.4 Å².